The number of carbonyl (C=O) groups excluding carboxylic acids is 2. The van der Waals surface area contributed by atoms with Crippen LogP contribution in [0.4, 0.5) is 4.39 Å². The normalized spacial score (nSPS) is 26.3. The molecule has 0 saturated carbocycles. The molecule has 1 aliphatic heterocycles. The number of hydrogen-bond acceptors (Lipinski definition) is 6. The Bertz CT molecular complexity index is 727. The lowest BCUT2D eigenvalue weighted by Crippen LogP contribution is -2.37. The zero-order valence-electron chi connectivity index (χ0n) is 13.4. The highest BCUT2D eigenvalue weighted by atomic mass is 19.1. The first-order valence-corrected chi connectivity index (χ1v) is 7.63. The molecule has 0 spiro atoms. The van der Waals surface area contributed by atoms with Crippen molar-refractivity contribution in [1.82, 2.24) is 9.55 Å². The Morgan fingerprint density at radius 2 is 2.08 bits per heavy atom. The van der Waals surface area contributed by atoms with Crippen LogP contribution in [0.5, 0.6) is 0 Å². The number of ketones is 1. The predicted octanol–water partition coefficient (Wildman–Crippen LogP) is 0.463. The van der Waals surface area contributed by atoms with E-state index in [1.807, 2.05) is 4.98 Å². The van der Waals surface area contributed by atoms with Gasteiger partial charge in [-0.1, -0.05) is 6.92 Å². The molecule has 0 aromatic carbocycles. The van der Waals surface area contributed by atoms with Crippen LogP contribution >= 0.6 is 0 Å². The summed E-state index contributed by atoms with van der Waals surface area (Å²) in [4.78, 5) is 47.6. The van der Waals surface area contributed by atoms with Gasteiger partial charge in [-0.25, -0.2) is 9.18 Å². The number of carbonyl (C=O) groups is 2. The van der Waals surface area contributed by atoms with E-state index in [4.69, 9.17) is 9.47 Å². The Hall–Kier alpha value is -2.29. The van der Waals surface area contributed by atoms with Gasteiger partial charge in [0.25, 0.3) is 5.56 Å². The third kappa shape index (κ3) is 3.97. The van der Waals surface area contributed by atoms with Crippen LogP contribution in [0.1, 0.15) is 39.3 Å². The molecule has 1 aromatic rings. The highest BCUT2D eigenvalue weighted by Crippen LogP contribution is 2.34. The van der Waals surface area contributed by atoms with Crippen LogP contribution in [0, 0.1) is 0 Å². The number of esters is 1. The molecule has 1 fully saturated rings. The summed E-state index contributed by atoms with van der Waals surface area (Å²) in [7, 11) is 0. The SMILES string of the molecule is CC[C@H]1O[C@@H](n2ccc(=O)[nH]c2=O)[C@@H](F)C1OC(=O)CCC(C)=O. The van der Waals surface area contributed by atoms with Crippen LogP contribution in [-0.4, -0.2) is 39.7 Å². The third-order valence-corrected chi connectivity index (χ3v) is 3.74. The number of aromatic nitrogens is 2. The molecule has 1 unspecified atom stereocenters. The molecule has 1 saturated heterocycles. The number of halogens is 1. The van der Waals surface area contributed by atoms with Crippen LogP contribution in [0.25, 0.3) is 0 Å². The summed E-state index contributed by atoms with van der Waals surface area (Å²) in [5.74, 6) is -0.870. The van der Waals surface area contributed by atoms with Crippen LogP contribution in [-0.2, 0) is 19.1 Å². The molecule has 132 valence electrons. The van der Waals surface area contributed by atoms with E-state index in [1.165, 1.54) is 6.92 Å². The van der Waals surface area contributed by atoms with Crippen molar-refractivity contribution >= 4 is 11.8 Å². The summed E-state index contributed by atoms with van der Waals surface area (Å²) in [6.07, 6.45) is -3.63. The summed E-state index contributed by atoms with van der Waals surface area (Å²) >= 11 is 0. The number of nitrogens with one attached hydrogen (secondary N) is 1. The quantitative estimate of drug-likeness (QED) is 0.753. The molecular formula is C15H19FN2O6. The van der Waals surface area contributed by atoms with E-state index in [2.05, 4.69) is 0 Å². The molecule has 0 radical (unpaired) electrons. The van der Waals surface area contributed by atoms with Gasteiger partial charge in [0.1, 0.15) is 11.9 Å². The molecule has 2 heterocycles. The second-order valence-corrected chi connectivity index (χ2v) is 5.59. The van der Waals surface area contributed by atoms with Crippen molar-refractivity contribution < 1.29 is 23.5 Å². The van der Waals surface area contributed by atoms with E-state index in [0.29, 0.717) is 6.42 Å². The Morgan fingerprint density at radius 3 is 2.67 bits per heavy atom. The fourth-order valence-corrected chi connectivity index (χ4v) is 2.50. The van der Waals surface area contributed by atoms with Crippen LogP contribution < -0.4 is 11.2 Å². The molecule has 1 aromatic heterocycles. The fraction of sp³-hybridized carbons (Fsp3) is 0.600. The van der Waals surface area contributed by atoms with Crippen LogP contribution in [0.2, 0.25) is 0 Å². The molecule has 2 rings (SSSR count). The maximum Gasteiger partial charge on any atom is 0.330 e. The number of rotatable bonds is 6. The minimum absolute atomic E-state index is 0.0168. The van der Waals surface area contributed by atoms with Crippen molar-refractivity contribution in [3.63, 3.8) is 0 Å². The van der Waals surface area contributed by atoms with Gasteiger partial charge in [0, 0.05) is 18.7 Å². The zero-order chi connectivity index (χ0) is 17.9. The minimum Gasteiger partial charge on any atom is -0.456 e. The number of hydrogen-bond donors (Lipinski definition) is 1. The van der Waals surface area contributed by atoms with Gasteiger partial charge in [-0.15, -0.1) is 0 Å². The second kappa shape index (κ2) is 7.52. The van der Waals surface area contributed by atoms with Gasteiger partial charge in [-0.3, -0.25) is 19.1 Å². The topological polar surface area (TPSA) is 107 Å². The zero-order valence-corrected chi connectivity index (χ0v) is 13.4. The van der Waals surface area contributed by atoms with Crippen molar-refractivity contribution in [2.24, 2.45) is 0 Å². The second-order valence-electron chi connectivity index (χ2n) is 5.59. The lowest BCUT2D eigenvalue weighted by molar-refractivity contribution is -0.154. The molecular weight excluding hydrogens is 323 g/mol. The smallest absolute Gasteiger partial charge is 0.330 e. The number of aromatic amines is 1. The lowest BCUT2D eigenvalue weighted by atomic mass is 10.1. The van der Waals surface area contributed by atoms with Crippen molar-refractivity contribution in [1.29, 1.82) is 0 Å². The molecule has 1 N–H and O–H groups in total. The fourth-order valence-electron chi connectivity index (χ4n) is 2.50. The number of alkyl halides is 1. The Balaban J connectivity index is 2.15. The highest BCUT2D eigenvalue weighted by molar-refractivity contribution is 5.81. The Morgan fingerprint density at radius 1 is 1.38 bits per heavy atom. The Labute approximate surface area is 136 Å². The van der Waals surface area contributed by atoms with Crippen molar-refractivity contribution in [2.45, 2.75) is 57.7 Å². The molecule has 24 heavy (non-hydrogen) atoms. The first kappa shape index (κ1) is 18.1. The first-order chi connectivity index (χ1) is 11.3. The molecule has 0 bridgehead atoms. The van der Waals surface area contributed by atoms with Crippen molar-refractivity contribution in [3.8, 4) is 0 Å². The average molecular weight is 342 g/mol. The largest absolute Gasteiger partial charge is 0.456 e. The molecule has 0 aliphatic carbocycles. The molecule has 0 amide bonds. The van der Waals surface area contributed by atoms with Gasteiger partial charge < -0.3 is 14.3 Å². The van der Waals surface area contributed by atoms with Crippen molar-refractivity contribution in [2.75, 3.05) is 0 Å². The molecule has 4 atom stereocenters. The summed E-state index contributed by atoms with van der Waals surface area (Å²) in [6.45, 7) is 3.07. The van der Waals surface area contributed by atoms with Gasteiger partial charge in [0.15, 0.2) is 18.5 Å². The van der Waals surface area contributed by atoms with Gasteiger partial charge in [-0.2, -0.15) is 0 Å². The van der Waals surface area contributed by atoms with Crippen molar-refractivity contribution in [3.05, 3.63) is 33.1 Å². The molecule has 1 aliphatic rings. The summed E-state index contributed by atoms with van der Waals surface area (Å²) in [6, 6.07) is 1.07. The Kier molecular flexibility index (Phi) is 5.66. The van der Waals surface area contributed by atoms with E-state index in [0.717, 1.165) is 16.8 Å². The summed E-state index contributed by atoms with van der Waals surface area (Å²) in [5, 5.41) is 0. The average Bonchev–Trinajstić information content (AvgIpc) is 2.82. The van der Waals surface area contributed by atoms with Crippen LogP contribution in [0.3, 0.4) is 0 Å². The number of Topliss-reactive ketones (excluding diaryl/α,β-unsaturated/α-hetero) is 1. The van der Waals surface area contributed by atoms with Gasteiger partial charge in [0.2, 0.25) is 0 Å². The van der Waals surface area contributed by atoms with Gasteiger partial charge in [-0.05, 0) is 13.3 Å². The van der Waals surface area contributed by atoms with E-state index < -0.39 is 41.8 Å². The predicted molar refractivity (Wildman–Crippen MR) is 80.2 cm³/mol. The maximum atomic E-state index is 14.7. The van der Waals surface area contributed by atoms with Crippen LogP contribution in [0.15, 0.2) is 21.9 Å². The standard InChI is InChI=1S/C15H19FN2O6/c1-3-9-13(24-11(21)5-4-8(2)19)12(16)14(23-9)18-7-6-10(20)17-15(18)22/h6-7,9,12-14H,3-5H2,1-2H3,(H,17,20,22)/t9-,12+,13?,14-/m1/s1. The van der Waals surface area contributed by atoms with Gasteiger partial charge >= 0.3 is 11.7 Å². The highest BCUT2D eigenvalue weighted by Gasteiger charge is 2.48. The maximum absolute atomic E-state index is 14.7. The number of H-pyrrole nitrogens is 1. The van der Waals surface area contributed by atoms with E-state index in [1.54, 1.807) is 6.92 Å². The monoisotopic (exact) mass is 342 g/mol. The summed E-state index contributed by atoms with van der Waals surface area (Å²) < 4.78 is 26.2. The minimum atomic E-state index is -1.78. The molecule has 8 nitrogen and oxygen atoms in total. The number of ether oxygens (including phenoxy) is 2. The van der Waals surface area contributed by atoms with Gasteiger partial charge in [0.05, 0.1) is 6.42 Å². The first-order valence-electron chi connectivity index (χ1n) is 7.63. The third-order valence-electron chi connectivity index (χ3n) is 3.74. The van der Waals surface area contributed by atoms with E-state index in [9.17, 15) is 23.6 Å². The lowest BCUT2D eigenvalue weighted by Gasteiger charge is -2.18. The molecule has 9 heteroatoms. The van der Waals surface area contributed by atoms with E-state index >= 15 is 0 Å². The number of nitrogens with zero attached hydrogens (tertiary/aromatic N) is 1. The summed E-state index contributed by atoms with van der Waals surface area (Å²) in [5.41, 5.74) is -1.42. The van der Waals surface area contributed by atoms with E-state index in [-0.39, 0.29) is 18.6 Å².